The van der Waals surface area contributed by atoms with Gasteiger partial charge in [0.15, 0.2) is 0 Å². The van der Waals surface area contributed by atoms with Crippen LogP contribution < -0.4 is 0 Å². The maximum absolute atomic E-state index is 4.66. The maximum atomic E-state index is 4.66. The summed E-state index contributed by atoms with van der Waals surface area (Å²) in [5.41, 5.74) is 2.25. The summed E-state index contributed by atoms with van der Waals surface area (Å²) in [6.07, 6.45) is 9.68. The molecule has 2 aromatic rings. The van der Waals surface area contributed by atoms with Crippen LogP contribution in [0, 0.1) is 0 Å². The zero-order valence-electron chi connectivity index (χ0n) is 10.2. The molecule has 3 rings (SSSR count). The second kappa shape index (κ2) is 4.88. The van der Waals surface area contributed by atoms with Gasteiger partial charge >= 0.3 is 0 Å². The Bertz CT molecular complexity index is 448. The van der Waals surface area contributed by atoms with Crippen LogP contribution in [-0.4, -0.2) is 27.4 Å². The van der Waals surface area contributed by atoms with Gasteiger partial charge in [-0.25, -0.2) is 4.98 Å². The van der Waals surface area contributed by atoms with Gasteiger partial charge in [-0.1, -0.05) is 18.9 Å². The van der Waals surface area contributed by atoms with Gasteiger partial charge in [0, 0.05) is 18.9 Å². The first-order valence-corrected chi connectivity index (χ1v) is 6.57. The zero-order valence-corrected chi connectivity index (χ0v) is 10.2. The van der Waals surface area contributed by atoms with Crippen LogP contribution in [0.3, 0.4) is 0 Å². The van der Waals surface area contributed by atoms with E-state index in [1.165, 1.54) is 44.5 Å². The van der Waals surface area contributed by atoms with E-state index in [0.717, 1.165) is 12.2 Å². The van der Waals surface area contributed by atoms with Crippen molar-refractivity contribution in [2.45, 2.75) is 32.2 Å². The first-order chi connectivity index (χ1) is 8.42. The minimum atomic E-state index is 1.00. The lowest BCUT2D eigenvalue weighted by molar-refractivity contribution is 0.274. The predicted octanol–water partition coefficient (Wildman–Crippen LogP) is 2.71. The van der Waals surface area contributed by atoms with Crippen molar-refractivity contribution in [3.8, 4) is 0 Å². The van der Waals surface area contributed by atoms with Crippen LogP contribution in [0.25, 0.3) is 5.65 Å². The van der Waals surface area contributed by atoms with Crippen LogP contribution >= 0.6 is 0 Å². The largest absolute Gasteiger partial charge is 0.307 e. The van der Waals surface area contributed by atoms with Gasteiger partial charge in [0.2, 0.25) is 0 Å². The van der Waals surface area contributed by atoms with Gasteiger partial charge in [0.25, 0.3) is 0 Å². The van der Waals surface area contributed by atoms with Gasteiger partial charge in [-0.2, -0.15) is 0 Å². The summed E-state index contributed by atoms with van der Waals surface area (Å²) >= 11 is 0. The van der Waals surface area contributed by atoms with E-state index in [4.69, 9.17) is 0 Å². The number of rotatable bonds is 2. The highest BCUT2D eigenvalue weighted by Crippen LogP contribution is 2.13. The van der Waals surface area contributed by atoms with E-state index < -0.39 is 0 Å². The second-order valence-corrected chi connectivity index (χ2v) is 4.89. The van der Waals surface area contributed by atoms with Gasteiger partial charge in [0.1, 0.15) is 5.65 Å². The van der Waals surface area contributed by atoms with Crippen molar-refractivity contribution in [3.05, 3.63) is 36.3 Å². The third kappa shape index (κ3) is 2.50. The summed E-state index contributed by atoms with van der Waals surface area (Å²) in [4.78, 5) is 7.20. The molecule has 90 valence electrons. The third-order valence-corrected chi connectivity index (χ3v) is 3.50. The number of aromatic nitrogens is 2. The molecule has 0 unspecified atom stereocenters. The van der Waals surface area contributed by atoms with E-state index in [0.29, 0.717) is 0 Å². The summed E-state index contributed by atoms with van der Waals surface area (Å²) < 4.78 is 2.10. The van der Waals surface area contributed by atoms with Crippen LogP contribution in [0.15, 0.2) is 30.6 Å². The van der Waals surface area contributed by atoms with Crippen molar-refractivity contribution in [1.82, 2.24) is 14.3 Å². The highest BCUT2D eigenvalue weighted by Gasteiger charge is 2.11. The Kier molecular flexibility index (Phi) is 3.10. The van der Waals surface area contributed by atoms with Gasteiger partial charge < -0.3 is 4.40 Å². The molecule has 3 heterocycles. The van der Waals surface area contributed by atoms with Crippen LogP contribution in [0.4, 0.5) is 0 Å². The van der Waals surface area contributed by atoms with Crippen molar-refractivity contribution in [3.63, 3.8) is 0 Å². The zero-order chi connectivity index (χ0) is 11.5. The molecule has 0 aromatic carbocycles. The first-order valence-electron chi connectivity index (χ1n) is 6.57. The predicted molar refractivity (Wildman–Crippen MR) is 68.9 cm³/mol. The molecule has 1 fully saturated rings. The quantitative estimate of drug-likeness (QED) is 0.789. The Balaban J connectivity index is 1.75. The molecule has 1 aliphatic heterocycles. The van der Waals surface area contributed by atoms with Gasteiger partial charge in [-0.15, -0.1) is 0 Å². The topological polar surface area (TPSA) is 20.5 Å². The van der Waals surface area contributed by atoms with E-state index in [1.807, 2.05) is 12.1 Å². The average molecular weight is 229 g/mol. The normalized spacial score (nSPS) is 18.4. The molecule has 0 bridgehead atoms. The fourth-order valence-corrected chi connectivity index (χ4v) is 2.59. The van der Waals surface area contributed by atoms with Crippen LogP contribution in [0.2, 0.25) is 0 Å². The van der Waals surface area contributed by atoms with E-state index in [9.17, 15) is 0 Å². The van der Waals surface area contributed by atoms with Crippen molar-refractivity contribution in [2.75, 3.05) is 13.1 Å². The molecule has 0 saturated carbocycles. The second-order valence-electron chi connectivity index (χ2n) is 4.89. The SMILES string of the molecule is c1ccn2cc(CN3CCCCCC3)nc2c1. The summed E-state index contributed by atoms with van der Waals surface area (Å²) in [5.74, 6) is 0. The minimum Gasteiger partial charge on any atom is -0.307 e. The lowest BCUT2D eigenvalue weighted by Crippen LogP contribution is -2.24. The molecule has 3 nitrogen and oxygen atoms in total. The highest BCUT2D eigenvalue weighted by atomic mass is 15.1. The number of pyridine rings is 1. The number of fused-ring (bicyclic) bond motifs is 1. The Labute approximate surface area is 102 Å². The van der Waals surface area contributed by atoms with Crippen molar-refractivity contribution in [2.24, 2.45) is 0 Å². The van der Waals surface area contributed by atoms with E-state index in [2.05, 4.69) is 32.7 Å². The van der Waals surface area contributed by atoms with Crippen molar-refractivity contribution in [1.29, 1.82) is 0 Å². The summed E-state index contributed by atoms with van der Waals surface area (Å²) in [5, 5.41) is 0. The molecule has 0 radical (unpaired) electrons. The molecular weight excluding hydrogens is 210 g/mol. The Hall–Kier alpha value is -1.35. The van der Waals surface area contributed by atoms with Crippen LogP contribution in [0.5, 0.6) is 0 Å². The molecule has 0 atom stereocenters. The Morgan fingerprint density at radius 3 is 2.65 bits per heavy atom. The van der Waals surface area contributed by atoms with E-state index in [1.54, 1.807) is 0 Å². The number of likely N-dealkylation sites (tertiary alicyclic amines) is 1. The third-order valence-electron chi connectivity index (χ3n) is 3.50. The van der Waals surface area contributed by atoms with Crippen molar-refractivity contribution >= 4 is 5.65 Å². The Morgan fingerprint density at radius 1 is 1.06 bits per heavy atom. The van der Waals surface area contributed by atoms with Gasteiger partial charge in [0.05, 0.1) is 5.69 Å². The number of imidazole rings is 1. The van der Waals surface area contributed by atoms with Gasteiger partial charge in [-0.3, -0.25) is 4.90 Å². The number of nitrogens with zero attached hydrogens (tertiary/aromatic N) is 3. The van der Waals surface area contributed by atoms with Crippen LogP contribution in [0.1, 0.15) is 31.4 Å². The summed E-state index contributed by atoms with van der Waals surface area (Å²) in [6, 6.07) is 6.15. The van der Waals surface area contributed by atoms with Gasteiger partial charge in [-0.05, 0) is 38.1 Å². The summed E-state index contributed by atoms with van der Waals surface area (Å²) in [7, 11) is 0. The summed E-state index contributed by atoms with van der Waals surface area (Å²) in [6.45, 7) is 3.46. The fraction of sp³-hybridized carbons (Fsp3) is 0.500. The molecule has 0 N–H and O–H groups in total. The monoisotopic (exact) mass is 229 g/mol. The molecule has 17 heavy (non-hydrogen) atoms. The molecule has 2 aromatic heterocycles. The molecule has 1 aliphatic rings. The van der Waals surface area contributed by atoms with Crippen LogP contribution in [-0.2, 0) is 6.54 Å². The Morgan fingerprint density at radius 2 is 1.88 bits per heavy atom. The molecular formula is C14H19N3. The molecule has 1 saturated heterocycles. The molecule has 0 aliphatic carbocycles. The number of hydrogen-bond donors (Lipinski definition) is 0. The lowest BCUT2D eigenvalue weighted by atomic mass is 10.2. The maximum Gasteiger partial charge on any atom is 0.137 e. The smallest absolute Gasteiger partial charge is 0.137 e. The van der Waals surface area contributed by atoms with Crippen molar-refractivity contribution < 1.29 is 0 Å². The first kappa shape index (κ1) is 10.8. The van der Waals surface area contributed by atoms with E-state index >= 15 is 0 Å². The average Bonchev–Trinajstić information content (AvgIpc) is 2.57. The lowest BCUT2D eigenvalue weighted by Gasteiger charge is -2.17. The standard InChI is InChI=1S/C14H19N3/c1-2-5-9-16(8-4-1)11-13-12-17-10-6-3-7-14(17)15-13/h3,6-7,10,12H,1-2,4-5,8-9,11H2. The number of hydrogen-bond acceptors (Lipinski definition) is 2. The van der Waals surface area contributed by atoms with E-state index in [-0.39, 0.29) is 0 Å². The molecule has 3 heteroatoms. The minimum absolute atomic E-state index is 1.00. The fourth-order valence-electron chi connectivity index (χ4n) is 2.59. The highest BCUT2D eigenvalue weighted by molar-refractivity contribution is 5.39. The molecule has 0 amide bonds. The molecule has 0 spiro atoms.